The van der Waals surface area contributed by atoms with Crippen LogP contribution in [0.25, 0.3) is 0 Å². The van der Waals surface area contributed by atoms with Gasteiger partial charge < -0.3 is 10.1 Å². The minimum Gasteiger partial charge on any atom is -0.383 e. The van der Waals surface area contributed by atoms with Gasteiger partial charge in [0.15, 0.2) is 0 Å². The molecule has 2 aromatic heterocycles. The molecule has 0 saturated heterocycles. The zero-order valence-electron chi connectivity index (χ0n) is 13.2. The number of hydrogen-bond acceptors (Lipinski definition) is 5. The van der Waals surface area contributed by atoms with Crippen LogP contribution in [0.1, 0.15) is 17.0 Å². The van der Waals surface area contributed by atoms with Gasteiger partial charge in [-0.1, -0.05) is 0 Å². The van der Waals surface area contributed by atoms with Crippen LogP contribution in [0.2, 0.25) is 0 Å². The van der Waals surface area contributed by atoms with Gasteiger partial charge in [0.1, 0.15) is 4.47 Å². The average molecular weight is 370 g/mol. The van der Waals surface area contributed by atoms with E-state index in [0.29, 0.717) is 23.3 Å². The van der Waals surface area contributed by atoms with E-state index in [1.165, 1.54) is 4.68 Å². The van der Waals surface area contributed by atoms with Gasteiger partial charge in [-0.15, -0.1) is 0 Å². The molecule has 2 rings (SSSR count). The highest BCUT2D eigenvalue weighted by atomic mass is 79.9. The summed E-state index contributed by atoms with van der Waals surface area (Å²) in [5.74, 6) is 0. The van der Waals surface area contributed by atoms with Gasteiger partial charge in [0, 0.05) is 32.0 Å². The number of nitrogens with zero attached hydrogens (tertiary/aromatic N) is 4. The van der Waals surface area contributed by atoms with E-state index in [1.807, 2.05) is 18.5 Å². The summed E-state index contributed by atoms with van der Waals surface area (Å²) in [6.45, 7) is 5.94. The SMILES string of the molecule is COCCn1nc(C)c(CNc2cnn(C)c(=O)c2Br)c1C. The second kappa shape index (κ2) is 7.06. The van der Waals surface area contributed by atoms with E-state index >= 15 is 0 Å². The highest BCUT2D eigenvalue weighted by Gasteiger charge is 2.13. The molecule has 0 amide bonds. The number of ether oxygens (including phenoxy) is 1. The van der Waals surface area contributed by atoms with Crippen molar-refractivity contribution in [1.29, 1.82) is 0 Å². The Morgan fingerprint density at radius 3 is 2.82 bits per heavy atom. The van der Waals surface area contributed by atoms with E-state index in [1.54, 1.807) is 20.4 Å². The molecule has 8 heteroatoms. The van der Waals surface area contributed by atoms with Crippen molar-refractivity contribution in [2.75, 3.05) is 19.0 Å². The fourth-order valence-corrected chi connectivity index (χ4v) is 2.70. The van der Waals surface area contributed by atoms with Crippen LogP contribution in [-0.4, -0.2) is 33.3 Å². The molecule has 0 spiro atoms. The van der Waals surface area contributed by atoms with Gasteiger partial charge in [0.05, 0.1) is 30.7 Å². The molecule has 2 heterocycles. The minimum atomic E-state index is -0.172. The first-order chi connectivity index (χ1) is 10.5. The Hall–Kier alpha value is -1.67. The molecule has 0 aliphatic carbocycles. The highest BCUT2D eigenvalue weighted by Crippen LogP contribution is 2.19. The van der Waals surface area contributed by atoms with E-state index in [2.05, 4.69) is 31.4 Å². The standard InChI is InChI=1S/C14H20BrN5O2/c1-9-11(10(2)20(18-9)5-6-22-4)7-16-12-8-17-19(3)14(21)13(12)15/h8,16H,5-7H2,1-4H3. The lowest BCUT2D eigenvalue weighted by molar-refractivity contribution is 0.182. The van der Waals surface area contributed by atoms with Gasteiger partial charge in [-0.25, -0.2) is 4.68 Å². The lowest BCUT2D eigenvalue weighted by Crippen LogP contribution is -2.21. The summed E-state index contributed by atoms with van der Waals surface area (Å²) in [6.07, 6.45) is 1.63. The Balaban J connectivity index is 2.17. The predicted octanol–water partition coefficient (Wildman–Crippen LogP) is 1.61. The molecule has 22 heavy (non-hydrogen) atoms. The summed E-state index contributed by atoms with van der Waals surface area (Å²) in [7, 11) is 3.29. The maximum absolute atomic E-state index is 11.8. The predicted molar refractivity (Wildman–Crippen MR) is 88.1 cm³/mol. The number of aromatic nitrogens is 4. The molecule has 120 valence electrons. The first-order valence-corrected chi connectivity index (χ1v) is 7.72. The van der Waals surface area contributed by atoms with Crippen LogP contribution in [0.3, 0.4) is 0 Å². The topological polar surface area (TPSA) is 74.0 Å². The molecular formula is C14H20BrN5O2. The number of halogens is 1. The molecule has 0 bridgehead atoms. The largest absolute Gasteiger partial charge is 0.383 e. The first kappa shape index (κ1) is 16.7. The Kier molecular flexibility index (Phi) is 5.36. The molecule has 0 unspecified atom stereocenters. The maximum Gasteiger partial charge on any atom is 0.282 e. The number of rotatable bonds is 6. The molecule has 0 aliphatic rings. The number of anilines is 1. The van der Waals surface area contributed by atoms with Crippen LogP contribution in [0.4, 0.5) is 5.69 Å². The number of nitrogens with one attached hydrogen (secondary N) is 1. The summed E-state index contributed by atoms with van der Waals surface area (Å²) in [5, 5.41) is 11.8. The second-order valence-corrected chi connectivity index (χ2v) is 5.81. The van der Waals surface area contributed by atoms with E-state index in [-0.39, 0.29) is 5.56 Å². The zero-order valence-corrected chi connectivity index (χ0v) is 14.8. The van der Waals surface area contributed by atoms with Crippen LogP contribution in [-0.2, 0) is 24.9 Å². The van der Waals surface area contributed by atoms with Crippen molar-refractivity contribution in [2.24, 2.45) is 7.05 Å². The Morgan fingerprint density at radius 2 is 2.14 bits per heavy atom. The van der Waals surface area contributed by atoms with E-state index in [4.69, 9.17) is 4.74 Å². The average Bonchev–Trinajstić information content (AvgIpc) is 2.76. The van der Waals surface area contributed by atoms with Crippen molar-refractivity contribution in [2.45, 2.75) is 26.9 Å². The van der Waals surface area contributed by atoms with Gasteiger partial charge >= 0.3 is 0 Å². The summed E-state index contributed by atoms with van der Waals surface area (Å²) >= 11 is 3.31. The molecule has 0 fully saturated rings. The molecule has 0 saturated carbocycles. The summed E-state index contributed by atoms with van der Waals surface area (Å²) in [6, 6.07) is 0. The number of hydrogen-bond donors (Lipinski definition) is 1. The van der Waals surface area contributed by atoms with Crippen molar-refractivity contribution in [3.05, 3.63) is 38.0 Å². The second-order valence-electron chi connectivity index (χ2n) is 5.02. The Morgan fingerprint density at radius 1 is 1.41 bits per heavy atom. The highest BCUT2D eigenvalue weighted by molar-refractivity contribution is 9.10. The molecule has 0 radical (unpaired) electrons. The van der Waals surface area contributed by atoms with Gasteiger partial charge in [-0.3, -0.25) is 9.48 Å². The summed E-state index contributed by atoms with van der Waals surface area (Å²) in [4.78, 5) is 11.8. The molecule has 2 aromatic rings. The van der Waals surface area contributed by atoms with Crippen molar-refractivity contribution in [3.8, 4) is 0 Å². The minimum absolute atomic E-state index is 0.172. The summed E-state index contributed by atoms with van der Waals surface area (Å²) < 4.78 is 8.79. The third kappa shape index (κ3) is 3.38. The fraction of sp³-hybridized carbons (Fsp3) is 0.500. The van der Waals surface area contributed by atoms with Gasteiger partial charge in [-0.2, -0.15) is 10.2 Å². The lowest BCUT2D eigenvalue weighted by atomic mass is 10.2. The van der Waals surface area contributed by atoms with Crippen LogP contribution < -0.4 is 10.9 Å². The first-order valence-electron chi connectivity index (χ1n) is 6.93. The van der Waals surface area contributed by atoms with E-state index in [9.17, 15) is 4.79 Å². The van der Waals surface area contributed by atoms with Gasteiger partial charge in [0.2, 0.25) is 0 Å². The molecule has 0 aliphatic heterocycles. The third-order valence-electron chi connectivity index (χ3n) is 3.57. The number of methoxy groups -OCH3 is 1. The third-order valence-corrected chi connectivity index (χ3v) is 4.34. The van der Waals surface area contributed by atoms with Gasteiger partial charge in [0.25, 0.3) is 5.56 Å². The van der Waals surface area contributed by atoms with Crippen molar-refractivity contribution in [3.63, 3.8) is 0 Å². The lowest BCUT2D eigenvalue weighted by Gasteiger charge is -2.09. The monoisotopic (exact) mass is 369 g/mol. The van der Waals surface area contributed by atoms with Gasteiger partial charge in [-0.05, 0) is 29.8 Å². The molecule has 1 N–H and O–H groups in total. The molecule has 7 nitrogen and oxygen atoms in total. The van der Waals surface area contributed by atoms with Crippen LogP contribution in [0.15, 0.2) is 15.5 Å². The van der Waals surface area contributed by atoms with Crippen LogP contribution in [0, 0.1) is 13.8 Å². The van der Waals surface area contributed by atoms with E-state index in [0.717, 1.165) is 23.5 Å². The molecule has 0 atom stereocenters. The summed E-state index contributed by atoms with van der Waals surface area (Å²) in [5.41, 5.74) is 3.67. The molecular weight excluding hydrogens is 350 g/mol. The maximum atomic E-state index is 11.8. The Labute approximate surface area is 137 Å². The van der Waals surface area contributed by atoms with Crippen LogP contribution in [0.5, 0.6) is 0 Å². The number of aryl methyl sites for hydroxylation is 2. The molecule has 0 aromatic carbocycles. The van der Waals surface area contributed by atoms with Crippen LogP contribution >= 0.6 is 15.9 Å². The fourth-order valence-electron chi connectivity index (χ4n) is 2.20. The quantitative estimate of drug-likeness (QED) is 0.837. The zero-order chi connectivity index (χ0) is 16.3. The van der Waals surface area contributed by atoms with E-state index < -0.39 is 0 Å². The Bertz CT molecular complexity index is 723. The van der Waals surface area contributed by atoms with Crippen molar-refractivity contribution in [1.82, 2.24) is 19.6 Å². The van der Waals surface area contributed by atoms with Crippen molar-refractivity contribution < 1.29 is 4.74 Å². The normalized spacial score (nSPS) is 11.0. The van der Waals surface area contributed by atoms with Crippen molar-refractivity contribution >= 4 is 21.6 Å². The smallest absolute Gasteiger partial charge is 0.282 e.